The molecule has 0 radical (unpaired) electrons. The Morgan fingerprint density at radius 1 is 1.62 bits per heavy atom. The second-order valence-electron chi connectivity index (χ2n) is 3.03. The molecular formula is C9H11ClO2S. The maximum absolute atomic E-state index is 5.66. The lowest BCUT2D eigenvalue weighted by molar-refractivity contribution is -0.0540. The molecule has 0 bridgehead atoms. The van der Waals surface area contributed by atoms with Gasteiger partial charge in [0.1, 0.15) is 0 Å². The lowest BCUT2D eigenvalue weighted by atomic mass is 10.4. The Labute approximate surface area is 86.4 Å². The topological polar surface area (TPSA) is 18.5 Å². The average Bonchev–Trinajstić information content (AvgIpc) is 2.71. The highest BCUT2D eigenvalue weighted by Gasteiger charge is 2.27. The SMILES string of the molecule is Cc1ccc([C@@H]2OC[C@@H](CCl)O2)s1. The Kier molecular flexibility index (Phi) is 2.89. The summed E-state index contributed by atoms with van der Waals surface area (Å²) < 4.78 is 11.0. The minimum absolute atomic E-state index is 0.0501. The van der Waals surface area contributed by atoms with E-state index in [1.54, 1.807) is 11.3 Å². The maximum Gasteiger partial charge on any atom is 0.193 e. The molecule has 2 heterocycles. The molecule has 1 aromatic heterocycles. The predicted molar refractivity (Wildman–Crippen MR) is 53.3 cm³/mol. The van der Waals surface area contributed by atoms with Gasteiger partial charge in [-0.1, -0.05) is 0 Å². The van der Waals surface area contributed by atoms with Gasteiger partial charge in [0.2, 0.25) is 0 Å². The molecule has 2 atom stereocenters. The lowest BCUT2D eigenvalue weighted by Gasteiger charge is -2.06. The van der Waals surface area contributed by atoms with Gasteiger partial charge in [-0.15, -0.1) is 22.9 Å². The van der Waals surface area contributed by atoms with Crippen LogP contribution in [0.3, 0.4) is 0 Å². The molecule has 1 saturated heterocycles. The van der Waals surface area contributed by atoms with Gasteiger partial charge >= 0.3 is 0 Å². The van der Waals surface area contributed by atoms with Crippen molar-refractivity contribution >= 4 is 22.9 Å². The van der Waals surface area contributed by atoms with Crippen LogP contribution in [0.4, 0.5) is 0 Å². The summed E-state index contributed by atoms with van der Waals surface area (Å²) in [7, 11) is 0. The average molecular weight is 219 g/mol. The van der Waals surface area contributed by atoms with Crippen LogP contribution >= 0.6 is 22.9 Å². The van der Waals surface area contributed by atoms with Crippen LogP contribution in [-0.4, -0.2) is 18.6 Å². The summed E-state index contributed by atoms with van der Waals surface area (Å²) in [6.45, 7) is 2.67. The highest BCUT2D eigenvalue weighted by molar-refractivity contribution is 7.11. The molecule has 0 amide bonds. The van der Waals surface area contributed by atoms with Crippen LogP contribution in [0.15, 0.2) is 12.1 Å². The first-order valence-corrected chi connectivity index (χ1v) is 5.54. The monoisotopic (exact) mass is 218 g/mol. The van der Waals surface area contributed by atoms with E-state index >= 15 is 0 Å². The van der Waals surface area contributed by atoms with Gasteiger partial charge in [0, 0.05) is 4.88 Å². The van der Waals surface area contributed by atoms with Crippen molar-refractivity contribution in [1.82, 2.24) is 0 Å². The summed E-state index contributed by atoms with van der Waals surface area (Å²) in [4.78, 5) is 2.40. The van der Waals surface area contributed by atoms with E-state index in [-0.39, 0.29) is 12.4 Å². The smallest absolute Gasteiger partial charge is 0.193 e. The first kappa shape index (κ1) is 9.46. The Morgan fingerprint density at radius 2 is 2.46 bits per heavy atom. The highest BCUT2D eigenvalue weighted by Crippen LogP contribution is 2.31. The van der Waals surface area contributed by atoms with Crippen LogP contribution < -0.4 is 0 Å². The van der Waals surface area contributed by atoms with Gasteiger partial charge in [-0.25, -0.2) is 0 Å². The molecular weight excluding hydrogens is 208 g/mol. The Balaban J connectivity index is 2.03. The van der Waals surface area contributed by atoms with Gasteiger partial charge in [-0.2, -0.15) is 0 Å². The van der Waals surface area contributed by atoms with Crippen molar-refractivity contribution in [3.8, 4) is 0 Å². The van der Waals surface area contributed by atoms with Gasteiger partial charge in [0.05, 0.1) is 23.5 Å². The molecule has 0 saturated carbocycles. The van der Waals surface area contributed by atoms with Crippen molar-refractivity contribution in [2.24, 2.45) is 0 Å². The molecule has 0 unspecified atom stereocenters. The Hall–Kier alpha value is -0.0900. The van der Waals surface area contributed by atoms with Crippen molar-refractivity contribution in [3.63, 3.8) is 0 Å². The minimum atomic E-state index is -0.192. The fraction of sp³-hybridized carbons (Fsp3) is 0.556. The third-order valence-corrected chi connectivity index (χ3v) is 3.28. The third kappa shape index (κ3) is 2.05. The van der Waals surface area contributed by atoms with Crippen molar-refractivity contribution in [1.29, 1.82) is 0 Å². The van der Waals surface area contributed by atoms with Crippen molar-refractivity contribution in [3.05, 3.63) is 21.9 Å². The molecule has 1 fully saturated rings. The van der Waals surface area contributed by atoms with Crippen molar-refractivity contribution in [2.75, 3.05) is 12.5 Å². The van der Waals surface area contributed by atoms with E-state index < -0.39 is 0 Å². The summed E-state index contributed by atoms with van der Waals surface area (Å²) in [5.41, 5.74) is 0. The van der Waals surface area contributed by atoms with E-state index in [1.807, 2.05) is 6.07 Å². The summed E-state index contributed by atoms with van der Waals surface area (Å²) in [6, 6.07) is 4.11. The first-order valence-electron chi connectivity index (χ1n) is 4.19. The summed E-state index contributed by atoms with van der Waals surface area (Å²) in [6.07, 6.45) is -0.142. The van der Waals surface area contributed by atoms with Crippen LogP contribution in [0.5, 0.6) is 0 Å². The number of aryl methyl sites for hydroxylation is 1. The van der Waals surface area contributed by atoms with E-state index in [1.165, 1.54) is 4.88 Å². The fourth-order valence-corrected chi connectivity index (χ4v) is 2.28. The molecule has 2 nitrogen and oxygen atoms in total. The molecule has 1 aliphatic rings. The quantitative estimate of drug-likeness (QED) is 0.711. The van der Waals surface area contributed by atoms with Gasteiger partial charge in [-0.3, -0.25) is 0 Å². The third-order valence-electron chi connectivity index (χ3n) is 1.92. The largest absolute Gasteiger partial charge is 0.345 e. The predicted octanol–water partition coefficient (Wildman–Crippen LogP) is 2.71. The zero-order valence-electron chi connectivity index (χ0n) is 7.33. The van der Waals surface area contributed by atoms with Crippen LogP contribution in [0.25, 0.3) is 0 Å². The normalized spacial score (nSPS) is 28.2. The van der Waals surface area contributed by atoms with E-state index in [0.717, 1.165) is 4.88 Å². The number of alkyl halides is 1. The number of halogens is 1. The number of hydrogen-bond donors (Lipinski definition) is 0. The van der Waals surface area contributed by atoms with Gasteiger partial charge in [0.25, 0.3) is 0 Å². The number of thiophene rings is 1. The Bertz CT molecular complexity index is 287. The molecule has 0 aromatic carbocycles. The molecule has 0 spiro atoms. The van der Waals surface area contributed by atoms with Crippen molar-refractivity contribution in [2.45, 2.75) is 19.3 Å². The molecule has 72 valence electrons. The molecule has 0 aliphatic carbocycles. The first-order chi connectivity index (χ1) is 6.29. The molecule has 0 N–H and O–H groups in total. The van der Waals surface area contributed by atoms with E-state index in [4.69, 9.17) is 21.1 Å². The molecule has 1 aromatic rings. The van der Waals surface area contributed by atoms with Crippen LogP contribution in [0.2, 0.25) is 0 Å². The van der Waals surface area contributed by atoms with Crippen LogP contribution in [0, 0.1) is 6.92 Å². The number of ether oxygens (including phenoxy) is 2. The van der Waals surface area contributed by atoms with E-state index in [0.29, 0.717) is 12.5 Å². The number of rotatable bonds is 2. The number of hydrogen-bond acceptors (Lipinski definition) is 3. The summed E-state index contributed by atoms with van der Waals surface area (Å²) in [5.74, 6) is 0.501. The lowest BCUT2D eigenvalue weighted by Crippen LogP contribution is -2.10. The fourth-order valence-electron chi connectivity index (χ4n) is 1.26. The van der Waals surface area contributed by atoms with E-state index in [2.05, 4.69) is 13.0 Å². The second kappa shape index (κ2) is 3.96. The zero-order chi connectivity index (χ0) is 9.26. The zero-order valence-corrected chi connectivity index (χ0v) is 8.90. The standard InChI is InChI=1S/C9H11ClO2S/c1-6-2-3-8(13-6)9-11-5-7(4-10)12-9/h2-3,7,9H,4-5H2,1H3/t7-,9-/m1/s1. The molecule has 2 rings (SSSR count). The van der Waals surface area contributed by atoms with Gasteiger partial charge in [-0.05, 0) is 19.1 Å². The summed E-state index contributed by atoms with van der Waals surface area (Å²) >= 11 is 7.37. The second-order valence-corrected chi connectivity index (χ2v) is 4.65. The molecule has 13 heavy (non-hydrogen) atoms. The van der Waals surface area contributed by atoms with Gasteiger partial charge in [0.15, 0.2) is 6.29 Å². The molecule has 1 aliphatic heterocycles. The van der Waals surface area contributed by atoms with Crippen molar-refractivity contribution < 1.29 is 9.47 Å². The van der Waals surface area contributed by atoms with E-state index in [9.17, 15) is 0 Å². The maximum atomic E-state index is 5.66. The summed E-state index contributed by atoms with van der Waals surface area (Å²) in [5, 5.41) is 0. The Morgan fingerprint density at radius 3 is 3.00 bits per heavy atom. The van der Waals surface area contributed by atoms with Gasteiger partial charge < -0.3 is 9.47 Å². The molecule has 4 heteroatoms. The van der Waals surface area contributed by atoms with Crippen LogP contribution in [0.1, 0.15) is 16.0 Å². The minimum Gasteiger partial charge on any atom is -0.345 e. The van der Waals surface area contributed by atoms with Crippen LogP contribution in [-0.2, 0) is 9.47 Å². The highest BCUT2D eigenvalue weighted by atomic mass is 35.5.